The first-order valence-electron chi connectivity index (χ1n) is 7.32. The first kappa shape index (κ1) is 14.1. The molecule has 106 valence electrons. The average Bonchev–Trinajstić information content (AvgIpc) is 2.39. The van der Waals surface area contributed by atoms with Gasteiger partial charge in [-0.05, 0) is 25.2 Å². The summed E-state index contributed by atoms with van der Waals surface area (Å²) in [5, 5.41) is 3.54. The molecule has 1 saturated carbocycles. The van der Waals surface area contributed by atoms with Crippen LogP contribution >= 0.6 is 0 Å². The highest BCUT2D eigenvalue weighted by molar-refractivity contribution is 5.47. The third-order valence-corrected chi connectivity index (χ3v) is 3.68. The lowest BCUT2D eigenvalue weighted by Gasteiger charge is -2.28. The van der Waals surface area contributed by atoms with Gasteiger partial charge in [-0.25, -0.2) is 15.8 Å². The summed E-state index contributed by atoms with van der Waals surface area (Å²) in [6.45, 7) is 4.45. The molecule has 1 aromatic rings. The molecule has 2 rings (SSSR count). The number of hydrogen-bond acceptors (Lipinski definition) is 5. The van der Waals surface area contributed by atoms with E-state index in [1.165, 1.54) is 25.7 Å². The molecule has 4 N–H and O–H groups in total. The number of hydrogen-bond donors (Lipinski definition) is 3. The van der Waals surface area contributed by atoms with Gasteiger partial charge in [0.15, 0.2) is 0 Å². The van der Waals surface area contributed by atoms with Crippen LogP contribution in [0.1, 0.15) is 51.8 Å². The Balaban J connectivity index is 2.07. The van der Waals surface area contributed by atoms with E-state index in [0.29, 0.717) is 11.9 Å². The molecular formula is C14H25N5. The second kappa shape index (κ2) is 6.70. The van der Waals surface area contributed by atoms with Crippen molar-refractivity contribution in [2.75, 3.05) is 10.7 Å². The summed E-state index contributed by atoms with van der Waals surface area (Å²) in [6, 6.07) is 2.41. The van der Waals surface area contributed by atoms with E-state index >= 15 is 0 Å². The van der Waals surface area contributed by atoms with Crippen LogP contribution in [0.4, 0.5) is 11.6 Å². The van der Waals surface area contributed by atoms with Gasteiger partial charge >= 0.3 is 0 Å². The van der Waals surface area contributed by atoms with Crippen molar-refractivity contribution in [1.29, 1.82) is 0 Å². The predicted octanol–water partition coefficient (Wildman–Crippen LogP) is 2.71. The van der Waals surface area contributed by atoms with Crippen molar-refractivity contribution in [3.8, 4) is 0 Å². The predicted molar refractivity (Wildman–Crippen MR) is 78.9 cm³/mol. The monoisotopic (exact) mass is 263 g/mol. The van der Waals surface area contributed by atoms with Gasteiger partial charge in [0, 0.05) is 18.5 Å². The minimum absolute atomic E-state index is 0.527. The maximum atomic E-state index is 5.47. The Bertz CT molecular complexity index is 407. The van der Waals surface area contributed by atoms with E-state index in [0.717, 1.165) is 30.4 Å². The molecule has 0 spiro atoms. The third kappa shape index (κ3) is 4.06. The number of nitrogens with one attached hydrogen (secondary N) is 2. The molecule has 0 radical (unpaired) electrons. The van der Waals surface area contributed by atoms with Gasteiger partial charge in [-0.3, -0.25) is 0 Å². The van der Waals surface area contributed by atoms with E-state index in [1.54, 1.807) is 0 Å². The highest BCUT2D eigenvalue weighted by Crippen LogP contribution is 2.26. The molecule has 1 aromatic heterocycles. The van der Waals surface area contributed by atoms with Gasteiger partial charge in [0.05, 0.1) is 0 Å². The Kier molecular flexibility index (Phi) is 4.96. The van der Waals surface area contributed by atoms with Crippen LogP contribution in [0.5, 0.6) is 0 Å². The highest BCUT2D eigenvalue weighted by Gasteiger charge is 2.19. The SMILES string of the molecule is CCCc1nc(NN)cc(NC2CCCC(C)C2)n1. The quantitative estimate of drug-likeness (QED) is 0.562. The molecule has 0 amide bonds. The zero-order valence-corrected chi connectivity index (χ0v) is 11.9. The molecule has 0 aromatic carbocycles. The number of aryl methyl sites for hydroxylation is 1. The summed E-state index contributed by atoms with van der Waals surface area (Å²) < 4.78 is 0. The smallest absolute Gasteiger partial charge is 0.145 e. The summed E-state index contributed by atoms with van der Waals surface area (Å²) in [5.41, 5.74) is 2.62. The van der Waals surface area contributed by atoms with Gasteiger partial charge in [0.2, 0.25) is 0 Å². The van der Waals surface area contributed by atoms with Crippen molar-refractivity contribution in [3.05, 3.63) is 11.9 Å². The third-order valence-electron chi connectivity index (χ3n) is 3.68. The van der Waals surface area contributed by atoms with E-state index < -0.39 is 0 Å². The standard InChI is InChI=1S/C14H25N5/c1-3-5-12-17-13(9-14(18-12)19-15)16-11-7-4-6-10(2)8-11/h9-11H,3-8,15H2,1-2H3,(H2,16,17,18,19). The van der Waals surface area contributed by atoms with Crippen LogP contribution in [0.3, 0.4) is 0 Å². The molecule has 1 aliphatic rings. The minimum atomic E-state index is 0.527. The van der Waals surface area contributed by atoms with E-state index in [-0.39, 0.29) is 0 Å². The number of anilines is 2. The van der Waals surface area contributed by atoms with E-state index in [1.807, 2.05) is 6.07 Å². The topological polar surface area (TPSA) is 75.9 Å². The van der Waals surface area contributed by atoms with Crippen LogP contribution in [0.2, 0.25) is 0 Å². The van der Waals surface area contributed by atoms with E-state index in [9.17, 15) is 0 Å². The summed E-state index contributed by atoms with van der Waals surface area (Å²) in [6.07, 6.45) is 7.01. The lowest BCUT2D eigenvalue weighted by atomic mass is 9.87. The summed E-state index contributed by atoms with van der Waals surface area (Å²) in [4.78, 5) is 8.93. The number of rotatable bonds is 5. The minimum Gasteiger partial charge on any atom is -0.367 e. The lowest BCUT2D eigenvalue weighted by Crippen LogP contribution is -2.27. The molecule has 0 aliphatic heterocycles. The number of nitrogens with zero attached hydrogens (tertiary/aromatic N) is 2. The van der Waals surface area contributed by atoms with E-state index in [4.69, 9.17) is 5.84 Å². The fourth-order valence-corrected chi connectivity index (χ4v) is 2.75. The number of nitrogen functional groups attached to an aromatic ring is 1. The first-order valence-corrected chi connectivity index (χ1v) is 7.32. The molecule has 2 atom stereocenters. The molecule has 1 fully saturated rings. The van der Waals surface area contributed by atoms with Crippen LogP contribution in [0, 0.1) is 5.92 Å². The van der Waals surface area contributed by atoms with Crippen molar-refractivity contribution in [2.24, 2.45) is 11.8 Å². The highest BCUT2D eigenvalue weighted by atomic mass is 15.3. The Morgan fingerprint density at radius 2 is 2.11 bits per heavy atom. The Morgan fingerprint density at radius 1 is 1.32 bits per heavy atom. The van der Waals surface area contributed by atoms with Crippen LogP contribution < -0.4 is 16.6 Å². The molecule has 1 heterocycles. The van der Waals surface area contributed by atoms with Gasteiger partial charge in [0.25, 0.3) is 0 Å². The van der Waals surface area contributed by atoms with Crippen molar-refractivity contribution in [1.82, 2.24) is 9.97 Å². The van der Waals surface area contributed by atoms with E-state index in [2.05, 4.69) is 34.6 Å². The lowest BCUT2D eigenvalue weighted by molar-refractivity contribution is 0.358. The number of aromatic nitrogens is 2. The fraction of sp³-hybridized carbons (Fsp3) is 0.714. The summed E-state index contributed by atoms with van der Waals surface area (Å²) in [5.74, 6) is 8.70. The van der Waals surface area contributed by atoms with Crippen molar-refractivity contribution in [2.45, 2.75) is 58.4 Å². The van der Waals surface area contributed by atoms with Crippen LogP contribution in [0.15, 0.2) is 6.07 Å². The van der Waals surface area contributed by atoms with Gasteiger partial charge in [-0.1, -0.05) is 26.7 Å². The molecule has 2 unspecified atom stereocenters. The van der Waals surface area contributed by atoms with Crippen molar-refractivity contribution in [3.63, 3.8) is 0 Å². The van der Waals surface area contributed by atoms with Crippen molar-refractivity contribution >= 4 is 11.6 Å². The molecule has 0 saturated heterocycles. The largest absolute Gasteiger partial charge is 0.367 e. The van der Waals surface area contributed by atoms with Gasteiger partial charge < -0.3 is 10.7 Å². The molecule has 5 heteroatoms. The molecule has 19 heavy (non-hydrogen) atoms. The number of nitrogens with two attached hydrogens (primary N) is 1. The fourth-order valence-electron chi connectivity index (χ4n) is 2.75. The summed E-state index contributed by atoms with van der Waals surface area (Å²) in [7, 11) is 0. The summed E-state index contributed by atoms with van der Waals surface area (Å²) >= 11 is 0. The zero-order chi connectivity index (χ0) is 13.7. The zero-order valence-electron chi connectivity index (χ0n) is 11.9. The second-order valence-electron chi connectivity index (χ2n) is 5.56. The number of hydrazine groups is 1. The van der Waals surface area contributed by atoms with Gasteiger partial charge in [-0.15, -0.1) is 0 Å². The normalized spacial score (nSPS) is 23.1. The van der Waals surface area contributed by atoms with Crippen molar-refractivity contribution < 1.29 is 0 Å². The molecule has 5 nitrogen and oxygen atoms in total. The van der Waals surface area contributed by atoms with Crippen LogP contribution in [-0.2, 0) is 6.42 Å². The van der Waals surface area contributed by atoms with Gasteiger partial charge in [-0.2, -0.15) is 0 Å². The second-order valence-corrected chi connectivity index (χ2v) is 5.56. The van der Waals surface area contributed by atoms with Crippen LogP contribution in [-0.4, -0.2) is 16.0 Å². The molecule has 0 bridgehead atoms. The first-order chi connectivity index (χ1) is 9.21. The average molecular weight is 263 g/mol. The Hall–Kier alpha value is -1.36. The van der Waals surface area contributed by atoms with Gasteiger partial charge in [0.1, 0.15) is 17.5 Å². The Labute approximate surface area is 115 Å². The maximum Gasteiger partial charge on any atom is 0.145 e. The molecule has 1 aliphatic carbocycles. The Morgan fingerprint density at radius 3 is 2.79 bits per heavy atom. The molecular weight excluding hydrogens is 238 g/mol. The maximum absolute atomic E-state index is 5.47. The van der Waals surface area contributed by atoms with Crippen LogP contribution in [0.25, 0.3) is 0 Å².